The monoisotopic (exact) mass is 492 g/mol. The highest BCUT2D eigenvalue weighted by atomic mass is 16.4. The van der Waals surface area contributed by atoms with Crippen molar-refractivity contribution in [1.29, 1.82) is 0 Å². The molecule has 192 valence electrons. The Morgan fingerprint density at radius 2 is 1.92 bits per heavy atom. The molecule has 2 heterocycles. The van der Waals surface area contributed by atoms with Gasteiger partial charge in [-0.2, -0.15) is 0 Å². The predicted octanol–water partition coefficient (Wildman–Crippen LogP) is 3.84. The number of hydrogen-bond acceptors (Lipinski definition) is 4. The van der Waals surface area contributed by atoms with Gasteiger partial charge in [-0.3, -0.25) is 9.59 Å². The molecule has 36 heavy (non-hydrogen) atoms. The van der Waals surface area contributed by atoms with E-state index < -0.39 is 12.0 Å². The second kappa shape index (κ2) is 10.8. The predicted molar refractivity (Wildman–Crippen MR) is 137 cm³/mol. The van der Waals surface area contributed by atoms with Crippen molar-refractivity contribution in [1.82, 2.24) is 15.5 Å². The zero-order chi connectivity index (χ0) is 25.1. The largest absolute Gasteiger partial charge is 0.481 e. The van der Waals surface area contributed by atoms with Gasteiger partial charge in [0.05, 0.1) is 18.4 Å². The fourth-order valence-corrected chi connectivity index (χ4v) is 6.62. The summed E-state index contributed by atoms with van der Waals surface area (Å²) in [6.45, 7) is 0.791. The summed E-state index contributed by atoms with van der Waals surface area (Å²) >= 11 is 0. The summed E-state index contributed by atoms with van der Waals surface area (Å²) in [5.74, 6) is -0.359. The Morgan fingerprint density at radius 1 is 1.08 bits per heavy atom. The Bertz CT molecular complexity index is 1050. The van der Waals surface area contributed by atoms with Crippen molar-refractivity contribution in [2.75, 3.05) is 18.4 Å². The first-order valence-corrected chi connectivity index (χ1v) is 13.3. The molecule has 1 saturated carbocycles. The van der Waals surface area contributed by atoms with E-state index in [9.17, 15) is 14.4 Å². The van der Waals surface area contributed by atoms with Crippen molar-refractivity contribution >= 4 is 23.6 Å². The van der Waals surface area contributed by atoms with Gasteiger partial charge in [0, 0.05) is 42.7 Å². The number of nitrogens with one attached hydrogen (secondary N) is 3. The highest BCUT2D eigenvalue weighted by Crippen LogP contribution is 2.49. The molecule has 3 amide bonds. The lowest BCUT2D eigenvalue weighted by molar-refractivity contribution is -0.139. The van der Waals surface area contributed by atoms with E-state index in [0.29, 0.717) is 11.8 Å². The van der Waals surface area contributed by atoms with Gasteiger partial charge in [0.15, 0.2) is 0 Å². The number of carboxylic acids is 1. The molecule has 1 unspecified atom stereocenters. The Labute approximate surface area is 212 Å². The van der Waals surface area contributed by atoms with Gasteiger partial charge in [-0.15, -0.1) is 0 Å². The third-order valence-electron chi connectivity index (χ3n) is 8.29. The van der Waals surface area contributed by atoms with E-state index in [-0.39, 0.29) is 42.9 Å². The number of carbonyl (C=O) groups excluding carboxylic acids is 2. The number of nitrogens with zero attached hydrogens (tertiary/aromatic N) is 1. The zero-order valence-electron chi connectivity index (χ0n) is 20.6. The number of anilines is 1. The van der Waals surface area contributed by atoms with E-state index in [1.165, 1.54) is 5.56 Å². The van der Waals surface area contributed by atoms with Gasteiger partial charge in [-0.05, 0) is 37.3 Å². The third kappa shape index (κ3) is 4.99. The molecular weight excluding hydrogens is 456 g/mol. The number of fused-ring (bicyclic) bond motifs is 3. The first kappa shape index (κ1) is 24.4. The topological polar surface area (TPSA) is 111 Å². The molecule has 1 aromatic carbocycles. The molecule has 0 spiro atoms. The van der Waals surface area contributed by atoms with Crippen LogP contribution in [-0.2, 0) is 9.59 Å². The van der Waals surface area contributed by atoms with Crippen LogP contribution in [0.3, 0.4) is 0 Å². The maximum atomic E-state index is 14.1. The van der Waals surface area contributed by atoms with Crippen LogP contribution in [0.25, 0.3) is 0 Å². The molecule has 6 atom stereocenters. The average Bonchev–Trinajstić information content (AvgIpc) is 3.34. The number of amides is 3. The quantitative estimate of drug-likeness (QED) is 0.482. The molecule has 0 radical (unpaired) electrons. The van der Waals surface area contributed by atoms with E-state index >= 15 is 0 Å². The van der Waals surface area contributed by atoms with Crippen LogP contribution in [0.4, 0.5) is 10.5 Å². The number of urea groups is 1. The Hall–Kier alpha value is -3.29. The van der Waals surface area contributed by atoms with Crippen molar-refractivity contribution < 1.29 is 19.5 Å². The smallest absolute Gasteiger partial charge is 0.315 e. The molecule has 1 aromatic rings. The van der Waals surface area contributed by atoms with Crippen LogP contribution in [-0.4, -0.2) is 53.1 Å². The maximum absolute atomic E-state index is 14.1. The minimum Gasteiger partial charge on any atom is -0.481 e. The SMILES string of the molecule is O=C(O)CCNC(=O)N[C@@H]1CCCC[C@@H]1C(=O)N1CC[C@@H]2[C@H](C3C=CC=CC3)Nc3ccccc3[C@@H]21. The molecule has 2 aliphatic carbocycles. The number of likely N-dealkylation sites (tertiary alicyclic amines) is 1. The molecule has 1 saturated heterocycles. The Kier molecular flexibility index (Phi) is 7.30. The van der Waals surface area contributed by atoms with Gasteiger partial charge in [-0.25, -0.2) is 4.79 Å². The van der Waals surface area contributed by atoms with Crippen LogP contribution in [0, 0.1) is 17.8 Å². The normalized spacial score (nSPS) is 30.6. The molecular formula is C28H36N4O4. The lowest BCUT2D eigenvalue weighted by Gasteiger charge is -2.44. The Balaban J connectivity index is 1.34. The van der Waals surface area contributed by atoms with Crippen LogP contribution in [0.1, 0.15) is 56.6 Å². The number of allylic oxidation sites excluding steroid dienone is 3. The summed E-state index contributed by atoms with van der Waals surface area (Å²) in [4.78, 5) is 39.3. The second-order valence-corrected chi connectivity index (χ2v) is 10.4. The minimum atomic E-state index is -0.954. The standard InChI is InChI=1S/C28H36N4O4/c33-24(34)14-16-29-28(36)31-23-13-7-5-11-20(23)27(35)32-17-15-21-25(18-8-2-1-3-9-18)30-22-12-6-4-10-19(22)26(21)32/h1-4,6,8,10,12,18,20-21,23,25-26,30H,5,7,9,11,13-17H2,(H,33,34)(H2,29,31,36)/t18?,20-,21+,23+,25-,26-/m0/s1. The number of para-hydroxylation sites is 1. The average molecular weight is 493 g/mol. The van der Waals surface area contributed by atoms with Crippen LogP contribution in [0.15, 0.2) is 48.6 Å². The minimum absolute atomic E-state index is 0.0335. The van der Waals surface area contributed by atoms with Crippen molar-refractivity contribution in [3.05, 3.63) is 54.1 Å². The zero-order valence-corrected chi connectivity index (χ0v) is 20.6. The van der Waals surface area contributed by atoms with Gasteiger partial charge in [0.1, 0.15) is 0 Å². The molecule has 2 aliphatic heterocycles. The molecule has 0 aromatic heterocycles. The summed E-state index contributed by atoms with van der Waals surface area (Å²) < 4.78 is 0. The summed E-state index contributed by atoms with van der Waals surface area (Å²) in [6.07, 6.45) is 14.0. The lowest BCUT2D eigenvalue weighted by Crippen LogP contribution is -2.52. The van der Waals surface area contributed by atoms with Crippen molar-refractivity contribution in [2.24, 2.45) is 17.8 Å². The Morgan fingerprint density at radius 3 is 2.72 bits per heavy atom. The van der Waals surface area contributed by atoms with Crippen LogP contribution in [0.2, 0.25) is 0 Å². The summed E-state index contributed by atoms with van der Waals surface area (Å²) in [5.41, 5.74) is 2.30. The number of carboxylic acid groups (broad SMARTS) is 1. The maximum Gasteiger partial charge on any atom is 0.315 e. The van der Waals surface area contributed by atoms with E-state index in [4.69, 9.17) is 5.11 Å². The third-order valence-corrected chi connectivity index (χ3v) is 8.29. The van der Waals surface area contributed by atoms with Crippen LogP contribution >= 0.6 is 0 Å². The lowest BCUT2D eigenvalue weighted by atomic mass is 9.75. The van der Waals surface area contributed by atoms with Crippen molar-refractivity contribution in [3.8, 4) is 0 Å². The highest BCUT2D eigenvalue weighted by molar-refractivity contribution is 5.83. The van der Waals surface area contributed by atoms with Gasteiger partial charge < -0.3 is 26.0 Å². The van der Waals surface area contributed by atoms with Crippen molar-refractivity contribution in [3.63, 3.8) is 0 Å². The van der Waals surface area contributed by atoms with E-state index in [1.54, 1.807) is 0 Å². The fraction of sp³-hybridized carbons (Fsp3) is 0.536. The number of benzene rings is 1. The number of carbonyl (C=O) groups is 3. The molecule has 4 N–H and O–H groups in total. The molecule has 8 heteroatoms. The molecule has 0 bridgehead atoms. The van der Waals surface area contributed by atoms with Gasteiger partial charge in [-0.1, -0.05) is 55.3 Å². The van der Waals surface area contributed by atoms with Crippen molar-refractivity contribution in [2.45, 2.75) is 63.1 Å². The first-order valence-electron chi connectivity index (χ1n) is 13.3. The molecule has 5 rings (SSSR count). The van der Waals surface area contributed by atoms with Crippen LogP contribution in [0.5, 0.6) is 0 Å². The fourth-order valence-electron chi connectivity index (χ4n) is 6.62. The summed E-state index contributed by atoms with van der Waals surface area (Å²) in [6, 6.07) is 8.02. The summed E-state index contributed by atoms with van der Waals surface area (Å²) in [7, 11) is 0. The van der Waals surface area contributed by atoms with Gasteiger partial charge in [0.25, 0.3) is 0 Å². The number of aliphatic carboxylic acids is 1. The van der Waals surface area contributed by atoms with E-state index in [2.05, 4.69) is 63.4 Å². The van der Waals surface area contributed by atoms with Crippen LogP contribution < -0.4 is 16.0 Å². The second-order valence-electron chi connectivity index (χ2n) is 10.4. The van der Waals surface area contributed by atoms with Gasteiger partial charge >= 0.3 is 12.0 Å². The number of hydrogen-bond donors (Lipinski definition) is 4. The van der Waals surface area contributed by atoms with Gasteiger partial charge in [0.2, 0.25) is 5.91 Å². The molecule has 2 fully saturated rings. The summed E-state index contributed by atoms with van der Waals surface area (Å²) in [5, 5.41) is 18.2. The van der Waals surface area contributed by atoms with E-state index in [0.717, 1.165) is 50.8 Å². The number of rotatable bonds is 6. The molecule has 8 nitrogen and oxygen atoms in total. The molecule has 4 aliphatic rings. The van der Waals surface area contributed by atoms with E-state index in [1.807, 2.05) is 6.07 Å². The first-order chi connectivity index (χ1) is 17.5. The highest BCUT2D eigenvalue weighted by Gasteiger charge is 2.49.